The number of halogens is 1. The Morgan fingerprint density at radius 3 is 2.27 bits per heavy atom. The van der Waals surface area contributed by atoms with Crippen LogP contribution in [0.5, 0.6) is 0 Å². The number of H-pyrrole nitrogens is 1. The van der Waals surface area contributed by atoms with Gasteiger partial charge in [0.2, 0.25) is 0 Å². The second kappa shape index (κ2) is 9.41. The summed E-state index contributed by atoms with van der Waals surface area (Å²) in [4.78, 5) is 15.1. The molecule has 1 saturated heterocycles. The molecule has 1 aromatic carbocycles. The van der Waals surface area contributed by atoms with Crippen LogP contribution in [0.4, 0.5) is 10.1 Å². The summed E-state index contributed by atoms with van der Waals surface area (Å²) in [5.74, 6) is -1.11. The number of benzene rings is 1. The van der Waals surface area contributed by atoms with Crippen molar-refractivity contribution in [1.29, 1.82) is 0 Å². The number of anilines is 1. The molecule has 0 saturated carbocycles. The zero-order valence-corrected chi connectivity index (χ0v) is 17.9. The van der Waals surface area contributed by atoms with E-state index in [-0.39, 0.29) is 5.82 Å². The number of nitrogens with zero attached hydrogens (tertiary/aromatic N) is 2. The van der Waals surface area contributed by atoms with Gasteiger partial charge in [-0.2, -0.15) is 4.31 Å². The molecular weight excluding hydrogens is 429 g/mol. The van der Waals surface area contributed by atoms with Crippen molar-refractivity contribution in [2.75, 3.05) is 31.1 Å². The number of sulfonamides is 1. The van der Waals surface area contributed by atoms with Crippen LogP contribution in [0.3, 0.4) is 0 Å². The van der Waals surface area contributed by atoms with E-state index in [0.717, 1.165) is 23.2 Å². The molecule has 1 aliphatic rings. The van der Waals surface area contributed by atoms with Crippen molar-refractivity contribution in [2.24, 2.45) is 0 Å². The van der Waals surface area contributed by atoms with Gasteiger partial charge in [-0.25, -0.2) is 12.8 Å². The van der Waals surface area contributed by atoms with E-state index in [9.17, 15) is 12.8 Å². The fraction of sp³-hybridized carbons (Fsp3) is 0.250. The molecule has 0 atom stereocenters. The minimum Gasteiger partial charge on any atom is -0.481 e. The molecule has 0 amide bonds. The molecule has 0 bridgehead atoms. The Labute approximate surface area is 178 Å². The Bertz CT molecular complexity index is 1070. The lowest BCUT2D eigenvalue weighted by Gasteiger charge is -2.35. The van der Waals surface area contributed by atoms with Gasteiger partial charge in [0, 0.05) is 45.0 Å². The highest BCUT2D eigenvalue weighted by Gasteiger charge is 2.30. The fourth-order valence-corrected chi connectivity index (χ4v) is 5.92. The first-order valence-electron chi connectivity index (χ1n) is 9.21. The summed E-state index contributed by atoms with van der Waals surface area (Å²) in [6.45, 7) is 3.07. The van der Waals surface area contributed by atoms with Gasteiger partial charge >= 0.3 is 0 Å². The van der Waals surface area contributed by atoms with E-state index in [1.807, 2.05) is 24.4 Å². The number of rotatable bonds is 4. The minimum atomic E-state index is -3.49. The third kappa shape index (κ3) is 5.26. The second-order valence-corrected chi connectivity index (χ2v) is 9.84. The molecule has 3 heterocycles. The van der Waals surface area contributed by atoms with E-state index < -0.39 is 16.0 Å². The number of aliphatic carboxylic acids is 1. The maximum absolute atomic E-state index is 13.1. The lowest BCUT2D eigenvalue weighted by atomic mass is 10.2. The third-order valence-electron chi connectivity index (χ3n) is 4.47. The summed E-state index contributed by atoms with van der Waals surface area (Å²) in [5.41, 5.74) is 1.83. The second-order valence-electron chi connectivity index (χ2n) is 6.59. The van der Waals surface area contributed by atoms with Crippen molar-refractivity contribution in [1.82, 2.24) is 9.29 Å². The Balaban J connectivity index is 0.000000589. The molecule has 0 unspecified atom stereocenters. The molecule has 1 fully saturated rings. The lowest BCUT2D eigenvalue weighted by Crippen LogP contribution is -2.48. The summed E-state index contributed by atoms with van der Waals surface area (Å²) in [6, 6.07) is 13.6. The molecule has 0 aliphatic carbocycles. The Morgan fingerprint density at radius 2 is 1.70 bits per heavy atom. The van der Waals surface area contributed by atoms with Gasteiger partial charge in [-0.3, -0.25) is 4.79 Å². The largest absolute Gasteiger partial charge is 0.481 e. The highest BCUT2D eigenvalue weighted by Crippen LogP contribution is 2.32. The normalized spacial score (nSPS) is 14.8. The van der Waals surface area contributed by atoms with Gasteiger partial charge in [0.1, 0.15) is 10.0 Å². The van der Waals surface area contributed by atoms with Crippen molar-refractivity contribution in [3.63, 3.8) is 0 Å². The van der Waals surface area contributed by atoms with Crippen LogP contribution in [-0.2, 0) is 14.8 Å². The van der Waals surface area contributed by atoms with Crippen molar-refractivity contribution in [3.05, 3.63) is 60.5 Å². The van der Waals surface area contributed by atoms with E-state index in [4.69, 9.17) is 9.90 Å². The molecule has 4 rings (SSSR count). The van der Waals surface area contributed by atoms with Crippen molar-refractivity contribution < 1.29 is 22.7 Å². The molecule has 0 spiro atoms. The average molecular weight is 452 g/mol. The molecular formula is C20H22FN3O4S2. The van der Waals surface area contributed by atoms with E-state index >= 15 is 0 Å². The van der Waals surface area contributed by atoms with Crippen LogP contribution in [0.25, 0.3) is 10.6 Å². The van der Waals surface area contributed by atoms with E-state index in [0.29, 0.717) is 30.4 Å². The van der Waals surface area contributed by atoms with Crippen molar-refractivity contribution in [2.45, 2.75) is 11.1 Å². The first kappa shape index (κ1) is 22.0. The van der Waals surface area contributed by atoms with E-state index in [1.54, 1.807) is 18.2 Å². The van der Waals surface area contributed by atoms with Gasteiger partial charge in [0.05, 0.1) is 10.6 Å². The summed E-state index contributed by atoms with van der Waals surface area (Å²) in [6.07, 6.45) is 1.82. The highest BCUT2D eigenvalue weighted by atomic mass is 32.2. The number of hydrogen-bond donors (Lipinski definition) is 2. The predicted octanol–water partition coefficient (Wildman–Crippen LogP) is 3.48. The van der Waals surface area contributed by atoms with Crippen LogP contribution in [0.15, 0.2) is 58.9 Å². The number of piperazine rings is 1. The molecule has 2 aromatic heterocycles. The third-order valence-corrected chi connectivity index (χ3v) is 7.95. The van der Waals surface area contributed by atoms with Gasteiger partial charge in [0.15, 0.2) is 0 Å². The van der Waals surface area contributed by atoms with Crippen LogP contribution < -0.4 is 4.90 Å². The Kier molecular flexibility index (Phi) is 6.91. The standard InChI is InChI=1S/C18H18FN3O2S2.C2H4O2/c19-14-3-5-15(6-4-14)21-10-12-22(13-11-21)26(23,24)18-8-7-17(25-18)16-2-1-9-20-16;1-2(3)4/h1-9,20H,10-13H2;1H3,(H,3,4). The predicted molar refractivity (Wildman–Crippen MR) is 115 cm³/mol. The number of hydrogen-bond acceptors (Lipinski definition) is 5. The summed E-state index contributed by atoms with van der Waals surface area (Å²) < 4.78 is 40.8. The smallest absolute Gasteiger partial charge is 0.300 e. The van der Waals surface area contributed by atoms with Gasteiger partial charge in [-0.05, 0) is 48.5 Å². The van der Waals surface area contributed by atoms with Crippen LogP contribution in [0, 0.1) is 5.82 Å². The zero-order chi connectivity index (χ0) is 21.7. The number of carbonyl (C=O) groups is 1. The van der Waals surface area contributed by atoms with Crippen molar-refractivity contribution in [3.8, 4) is 10.6 Å². The lowest BCUT2D eigenvalue weighted by molar-refractivity contribution is -0.134. The van der Waals surface area contributed by atoms with Crippen LogP contribution >= 0.6 is 11.3 Å². The number of carboxylic acids is 1. The van der Waals surface area contributed by atoms with E-state index in [1.165, 1.54) is 27.8 Å². The maximum atomic E-state index is 13.1. The first-order valence-corrected chi connectivity index (χ1v) is 11.5. The number of carboxylic acid groups (broad SMARTS) is 1. The molecule has 30 heavy (non-hydrogen) atoms. The monoisotopic (exact) mass is 451 g/mol. The molecule has 160 valence electrons. The molecule has 7 nitrogen and oxygen atoms in total. The Hall–Kier alpha value is -2.69. The maximum Gasteiger partial charge on any atom is 0.300 e. The summed E-state index contributed by atoms with van der Waals surface area (Å²) in [7, 11) is -3.49. The van der Waals surface area contributed by atoms with Gasteiger partial charge < -0.3 is 15.0 Å². The summed E-state index contributed by atoms with van der Waals surface area (Å²) >= 11 is 1.27. The summed E-state index contributed by atoms with van der Waals surface area (Å²) in [5, 5.41) is 7.42. The SMILES string of the molecule is CC(=O)O.O=S(=O)(c1ccc(-c2ccc[nH]2)s1)N1CCN(c2ccc(F)cc2)CC1. The Morgan fingerprint density at radius 1 is 1.07 bits per heavy atom. The highest BCUT2D eigenvalue weighted by molar-refractivity contribution is 7.91. The van der Waals surface area contributed by atoms with Crippen LogP contribution in [-0.4, -0.2) is 55.0 Å². The van der Waals surface area contributed by atoms with Gasteiger partial charge in [-0.15, -0.1) is 11.3 Å². The number of aromatic amines is 1. The van der Waals surface area contributed by atoms with Crippen LogP contribution in [0.1, 0.15) is 6.92 Å². The number of aromatic nitrogens is 1. The molecule has 2 N–H and O–H groups in total. The minimum absolute atomic E-state index is 0.273. The number of nitrogens with one attached hydrogen (secondary N) is 1. The average Bonchev–Trinajstić information content (AvgIpc) is 3.40. The number of thiophene rings is 1. The molecule has 0 radical (unpaired) electrons. The first-order chi connectivity index (χ1) is 14.3. The van der Waals surface area contributed by atoms with Gasteiger partial charge in [0.25, 0.3) is 16.0 Å². The quantitative estimate of drug-likeness (QED) is 0.633. The molecule has 10 heteroatoms. The zero-order valence-electron chi connectivity index (χ0n) is 16.3. The molecule has 3 aromatic rings. The fourth-order valence-electron chi connectivity index (χ4n) is 3.05. The van der Waals surface area contributed by atoms with E-state index in [2.05, 4.69) is 9.88 Å². The topological polar surface area (TPSA) is 93.7 Å². The van der Waals surface area contributed by atoms with Gasteiger partial charge in [-0.1, -0.05) is 0 Å². The molecule has 1 aliphatic heterocycles. The van der Waals surface area contributed by atoms with Crippen LogP contribution in [0.2, 0.25) is 0 Å². The van der Waals surface area contributed by atoms with Crippen molar-refractivity contribution >= 4 is 33.0 Å².